The molecule has 0 saturated heterocycles. The number of benzene rings is 2. The molecule has 0 aliphatic carbocycles. The number of aliphatic hydroxyl groups excluding tert-OH is 1. The summed E-state index contributed by atoms with van der Waals surface area (Å²) in [6.07, 6.45) is 0. The number of hydrogen-bond acceptors (Lipinski definition) is 6. The summed E-state index contributed by atoms with van der Waals surface area (Å²) in [6, 6.07) is 14.0. The largest absolute Gasteiger partial charge is 0.452 e. The number of aromatic nitrogens is 1. The molecule has 1 atom stereocenters. The molecule has 7 heteroatoms. The number of ether oxygens (including phenoxy) is 1. The maximum absolute atomic E-state index is 12.4. The summed E-state index contributed by atoms with van der Waals surface area (Å²) in [7, 11) is 1.67. The van der Waals surface area contributed by atoms with Gasteiger partial charge < -0.3 is 14.7 Å². The van der Waals surface area contributed by atoms with Crippen LogP contribution in [0.4, 0.5) is 0 Å². The van der Waals surface area contributed by atoms with Crippen molar-refractivity contribution in [1.29, 1.82) is 0 Å². The lowest BCUT2D eigenvalue weighted by Crippen LogP contribution is -2.33. The maximum atomic E-state index is 12.4. The van der Waals surface area contributed by atoms with Crippen molar-refractivity contribution < 1.29 is 19.4 Å². The molecule has 0 unspecified atom stereocenters. The van der Waals surface area contributed by atoms with E-state index in [4.69, 9.17) is 9.84 Å². The molecule has 0 radical (unpaired) electrons. The smallest absolute Gasteiger partial charge is 0.338 e. The van der Waals surface area contributed by atoms with Gasteiger partial charge in [0.15, 0.2) is 6.61 Å². The van der Waals surface area contributed by atoms with E-state index in [1.165, 1.54) is 4.90 Å². The number of hydrogen-bond donors (Lipinski definition) is 1. The van der Waals surface area contributed by atoms with Gasteiger partial charge in [0, 0.05) is 7.05 Å². The van der Waals surface area contributed by atoms with Gasteiger partial charge in [0.05, 0.1) is 28.4 Å². The Balaban J connectivity index is 1.60. The SMILES string of the molecule is C[C@@H](c1nc2ccccc2s1)N(C)C(=O)COC(=O)c1ccc(CO)cc1. The first-order valence-electron chi connectivity index (χ1n) is 8.47. The standard InChI is InChI=1S/C20H20N2O4S/c1-13(19-21-16-5-3-4-6-17(16)27-19)22(2)18(24)12-26-20(25)15-9-7-14(11-23)8-10-15/h3-10,13,23H,11-12H2,1-2H3/t13-/m0/s1. The van der Waals surface area contributed by atoms with E-state index < -0.39 is 5.97 Å². The Morgan fingerprint density at radius 1 is 1.19 bits per heavy atom. The van der Waals surface area contributed by atoms with Crippen LogP contribution in [-0.2, 0) is 16.1 Å². The molecule has 140 valence electrons. The molecule has 1 N–H and O–H groups in total. The number of rotatable bonds is 6. The molecule has 0 aliphatic rings. The molecule has 1 heterocycles. The second-order valence-electron chi connectivity index (χ2n) is 6.13. The monoisotopic (exact) mass is 384 g/mol. The van der Waals surface area contributed by atoms with Gasteiger partial charge in [-0.05, 0) is 36.8 Å². The molecule has 3 aromatic rings. The number of fused-ring (bicyclic) bond motifs is 1. The van der Waals surface area contributed by atoms with Crippen molar-refractivity contribution in [3.63, 3.8) is 0 Å². The second-order valence-corrected chi connectivity index (χ2v) is 7.19. The fourth-order valence-corrected chi connectivity index (χ4v) is 3.57. The quantitative estimate of drug-likeness (QED) is 0.661. The highest BCUT2D eigenvalue weighted by molar-refractivity contribution is 7.18. The third-order valence-corrected chi connectivity index (χ3v) is 5.55. The Labute approximate surface area is 161 Å². The van der Waals surface area contributed by atoms with Crippen LogP contribution in [0, 0.1) is 0 Å². The average Bonchev–Trinajstić information content (AvgIpc) is 3.15. The minimum atomic E-state index is -0.575. The molecule has 1 amide bonds. The molecule has 0 fully saturated rings. The zero-order valence-electron chi connectivity index (χ0n) is 15.1. The summed E-state index contributed by atoms with van der Waals surface area (Å²) < 4.78 is 6.19. The van der Waals surface area contributed by atoms with E-state index in [1.807, 2.05) is 31.2 Å². The van der Waals surface area contributed by atoms with Gasteiger partial charge >= 0.3 is 5.97 Å². The van der Waals surface area contributed by atoms with Crippen molar-refractivity contribution in [2.45, 2.75) is 19.6 Å². The van der Waals surface area contributed by atoms with Gasteiger partial charge in [-0.25, -0.2) is 9.78 Å². The van der Waals surface area contributed by atoms with E-state index >= 15 is 0 Å². The molecule has 1 aromatic heterocycles. The zero-order chi connectivity index (χ0) is 19.4. The lowest BCUT2D eigenvalue weighted by molar-refractivity contribution is -0.135. The van der Waals surface area contributed by atoms with Crippen LogP contribution in [0.25, 0.3) is 10.2 Å². The van der Waals surface area contributed by atoms with E-state index in [0.717, 1.165) is 15.2 Å². The molecule has 2 aromatic carbocycles. The van der Waals surface area contributed by atoms with Crippen LogP contribution < -0.4 is 0 Å². The van der Waals surface area contributed by atoms with Gasteiger partial charge in [0.1, 0.15) is 5.01 Å². The highest BCUT2D eigenvalue weighted by atomic mass is 32.1. The predicted octanol–water partition coefficient (Wildman–Crippen LogP) is 3.17. The summed E-state index contributed by atoms with van der Waals surface area (Å²) in [4.78, 5) is 30.6. The molecule has 0 aliphatic heterocycles. The highest BCUT2D eigenvalue weighted by Gasteiger charge is 2.22. The molecule has 0 bridgehead atoms. The normalized spacial score (nSPS) is 12.0. The van der Waals surface area contributed by atoms with Crippen molar-refractivity contribution in [3.8, 4) is 0 Å². The minimum Gasteiger partial charge on any atom is -0.452 e. The highest BCUT2D eigenvalue weighted by Crippen LogP contribution is 2.28. The number of thiazole rings is 1. The summed E-state index contributed by atoms with van der Waals surface area (Å²) in [5.74, 6) is -0.879. The van der Waals surface area contributed by atoms with Gasteiger partial charge in [0.25, 0.3) is 5.91 Å². The first-order valence-corrected chi connectivity index (χ1v) is 9.29. The third-order valence-electron chi connectivity index (χ3n) is 4.34. The Bertz CT molecular complexity index is 919. The van der Waals surface area contributed by atoms with Gasteiger partial charge in [-0.2, -0.15) is 0 Å². The Hall–Kier alpha value is -2.77. The summed E-state index contributed by atoms with van der Waals surface area (Å²) in [5.41, 5.74) is 1.94. The van der Waals surface area contributed by atoms with Crippen LogP contribution in [0.15, 0.2) is 48.5 Å². The molecular weight excluding hydrogens is 364 g/mol. The Kier molecular flexibility index (Phi) is 5.83. The van der Waals surface area contributed by atoms with Crippen molar-refractivity contribution >= 4 is 33.4 Å². The van der Waals surface area contributed by atoms with E-state index in [-0.39, 0.29) is 25.2 Å². The number of amides is 1. The number of likely N-dealkylation sites (N-methyl/N-ethyl adjacent to an activating group) is 1. The minimum absolute atomic E-state index is 0.0950. The van der Waals surface area contributed by atoms with Crippen LogP contribution in [0.1, 0.15) is 33.9 Å². The summed E-state index contributed by atoms with van der Waals surface area (Å²) in [6.45, 7) is 1.46. The Morgan fingerprint density at radius 3 is 2.56 bits per heavy atom. The molecule has 27 heavy (non-hydrogen) atoms. The molecule has 0 spiro atoms. The van der Waals surface area contributed by atoms with E-state index in [9.17, 15) is 9.59 Å². The van der Waals surface area contributed by atoms with E-state index in [2.05, 4.69) is 4.98 Å². The number of carbonyl (C=O) groups excluding carboxylic acids is 2. The molecular formula is C20H20N2O4S. The van der Waals surface area contributed by atoms with Crippen LogP contribution in [0.2, 0.25) is 0 Å². The number of esters is 1. The van der Waals surface area contributed by atoms with Gasteiger partial charge in [0.2, 0.25) is 0 Å². The van der Waals surface area contributed by atoms with E-state index in [0.29, 0.717) is 11.1 Å². The summed E-state index contributed by atoms with van der Waals surface area (Å²) >= 11 is 1.54. The molecule has 6 nitrogen and oxygen atoms in total. The average molecular weight is 384 g/mol. The second kappa shape index (κ2) is 8.28. The number of para-hydroxylation sites is 1. The number of carbonyl (C=O) groups is 2. The van der Waals surface area contributed by atoms with Gasteiger partial charge in [-0.1, -0.05) is 24.3 Å². The van der Waals surface area contributed by atoms with Crippen LogP contribution in [0.3, 0.4) is 0 Å². The van der Waals surface area contributed by atoms with Crippen molar-refractivity contribution in [3.05, 3.63) is 64.7 Å². The molecule has 0 saturated carbocycles. The van der Waals surface area contributed by atoms with Crippen molar-refractivity contribution in [1.82, 2.24) is 9.88 Å². The van der Waals surface area contributed by atoms with Crippen LogP contribution in [0.5, 0.6) is 0 Å². The third kappa shape index (κ3) is 4.32. The fourth-order valence-electron chi connectivity index (χ4n) is 2.51. The fraction of sp³-hybridized carbons (Fsp3) is 0.250. The predicted molar refractivity (Wildman–Crippen MR) is 103 cm³/mol. The van der Waals surface area contributed by atoms with Gasteiger partial charge in [-0.15, -0.1) is 11.3 Å². The lowest BCUT2D eigenvalue weighted by Gasteiger charge is -2.23. The zero-order valence-corrected chi connectivity index (χ0v) is 15.9. The van der Waals surface area contributed by atoms with Crippen LogP contribution >= 0.6 is 11.3 Å². The maximum Gasteiger partial charge on any atom is 0.338 e. The topological polar surface area (TPSA) is 79.7 Å². The lowest BCUT2D eigenvalue weighted by atomic mass is 10.1. The van der Waals surface area contributed by atoms with Crippen molar-refractivity contribution in [2.75, 3.05) is 13.7 Å². The summed E-state index contributed by atoms with van der Waals surface area (Å²) in [5, 5.41) is 9.86. The number of nitrogens with zero attached hydrogens (tertiary/aromatic N) is 2. The molecule has 3 rings (SSSR count). The van der Waals surface area contributed by atoms with Gasteiger partial charge in [-0.3, -0.25) is 4.79 Å². The Morgan fingerprint density at radius 2 is 1.89 bits per heavy atom. The van der Waals surface area contributed by atoms with E-state index in [1.54, 1.807) is 42.6 Å². The van der Waals surface area contributed by atoms with Crippen molar-refractivity contribution in [2.24, 2.45) is 0 Å². The first-order chi connectivity index (χ1) is 13.0. The first kappa shape index (κ1) is 19.0. The van der Waals surface area contributed by atoms with Crippen LogP contribution in [-0.4, -0.2) is 40.5 Å². The number of aliphatic hydroxyl groups is 1.